The highest BCUT2D eigenvalue weighted by Gasteiger charge is 2.26. The Morgan fingerprint density at radius 2 is 1.76 bits per heavy atom. The van der Waals surface area contributed by atoms with Gasteiger partial charge in [-0.3, -0.25) is 14.6 Å². The fourth-order valence-electron chi connectivity index (χ4n) is 5.60. The van der Waals surface area contributed by atoms with E-state index in [0.29, 0.717) is 25.1 Å². The molecular formula is C28H34N8O. The molecule has 1 amide bonds. The Hall–Kier alpha value is -3.56. The van der Waals surface area contributed by atoms with Crippen molar-refractivity contribution in [3.63, 3.8) is 0 Å². The number of carbonyl (C=O) groups excluding carboxylic acids is 1. The Bertz CT molecular complexity index is 1220. The molecule has 0 radical (unpaired) electrons. The summed E-state index contributed by atoms with van der Waals surface area (Å²) >= 11 is 0. The number of pyridine rings is 1. The summed E-state index contributed by atoms with van der Waals surface area (Å²) < 4.78 is 0. The topological polar surface area (TPSA) is 89.5 Å². The number of anilines is 3. The van der Waals surface area contributed by atoms with Crippen molar-refractivity contribution in [2.45, 2.75) is 31.8 Å². The summed E-state index contributed by atoms with van der Waals surface area (Å²) in [5.41, 5.74) is 4.01. The zero-order chi connectivity index (χ0) is 25.0. The lowest BCUT2D eigenvalue weighted by Crippen LogP contribution is -2.49. The van der Waals surface area contributed by atoms with Crippen molar-refractivity contribution in [1.29, 1.82) is 0 Å². The predicted molar refractivity (Wildman–Crippen MR) is 145 cm³/mol. The van der Waals surface area contributed by atoms with E-state index in [1.807, 2.05) is 18.3 Å². The number of piperazine rings is 1. The third-order valence-corrected chi connectivity index (χ3v) is 7.59. The maximum absolute atomic E-state index is 12.6. The number of hydrogen-bond acceptors (Lipinski definition) is 8. The van der Waals surface area contributed by atoms with Gasteiger partial charge in [-0.15, -0.1) is 0 Å². The molecule has 0 aliphatic carbocycles. The molecule has 2 N–H and O–H groups in total. The zero-order valence-corrected chi connectivity index (χ0v) is 21.1. The molecule has 1 aromatic carbocycles. The molecule has 8 heterocycles. The Morgan fingerprint density at radius 3 is 2.59 bits per heavy atom. The van der Waals surface area contributed by atoms with Crippen LogP contribution >= 0.6 is 0 Å². The highest BCUT2D eigenvalue weighted by molar-refractivity contribution is 5.78. The minimum atomic E-state index is 0.125. The van der Waals surface area contributed by atoms with Gasteiger partial charge in [0.05, 0.1) is 12.2 Å². The molecule has 0 spiro atoms. The second-order valence-corrected chi connectivity index (χ2v) is 10.2. The number of hydrogen-bond donors (Lipinski definition) is 2. The summed E-state index contributed by atoms with van der Waals surface area (Å²) in [6.07, 6.45) is 6.89. The first-order valence-electron chi connectivity index (χ1n) is 13.3. The lowest BCUT2D eigenvalue weighted by Gasteiger charge is -2.34. The van der Waals surface area contributed by atoms with E-state index in [2.05, 4.69) is 60.6 Å². The quantitative estimate of drug-likeness (QED) is 0.489. The number of nitrogens with one attached hydrogen (secondary N) is 2. The minimum Gasteiger partial charge on any atom is -0.355 e. The maximum atomic E-state index is 12.6. The molecule has 1 unspecified atom stereocenters. The van der Waals surface area contributed by atoms with Gasteiger partial charge >= 0.3 is 0 Å². The number of aromatic nitrogens is 3. The van der Waals surface area contributed by atoms with Gasteiger partial charge in [0.1, 0.15) is 5.82 Å². The van der Waals surface area contributed by atoms with Gasteiger partial charge in [-0.05, 0) is 55.2 Å². The van der Waals surface area contributed by atoms with E-state index in [1.54, 1.807) is 6.20 Å². The van der Waals surface area contributed by atoms with Gasteiger partial charge in [-0.1, -0.05) is 12.1 Å². The fourth-order valence-corrected chi connectivity index (χ4v) is 5.60. The van der Waals surface area contributed by atoms with Crippen molar-refractivity contribution in [3.05, 3.63) is 60.4 Å². The molecule has 9 heteroatoms. The van der Waals surface area contributed by atoms with Crippen molar-refractivity contribution in [2.24, 2.45) is 0 Å². The number of nitrogens with zero attached hydrogens (tertiary/aromatic N) is 6. The molecule has 37 heavy (non-hydrogen) atoms. The van der Waals surface area contributed by atoms with Crippen molar-refractivity contribution in [3.8, 4) is 11.3 Å². The van der Waals surface area contributed by atoms with Gasteiger partial charge in [0.2, 0.25) is 11.9 Å². The number of amides is 1. The second-order valence-electron chi connectivity index (χ2n) is 10.2. The van der Waals surface area contributed by atoms with E-state index >= 15 is 0 Å². The normalized spacial score (nSPS) is 24.3. The van der Waals surface area contributed by atoms with E-state index in [-0.39, 0.29) is 5.91 Å². The van der Waals surface area contributed by atoms with Crippen LogP contribution in [0.3, 0.4) is 0 Å². The van der Waals surface area contributed by atoms with Gasteiger partial charge in [-0.2, -0.15) is 0 Å². The van der Waals surface area contributed by atoms with Crippen LogP contribution < -0.4 is 15.5 Å². The Kier molecular flexibility index (Phi) is 6.96. The molecule has 2 fully saturated rings. The molecule has 192 valence electrons. The largest absolute Gasteiger partial charge is 0.355 e. The smallest absolute Gasteiger partial charge is 0.234 e. The Balaban J connectivity index is 1.26. The number of carbonyl (C=O) groups is 1. The molecule has 2 aromatic heterocycles. The summed E-state index contributed by atoms with van der Waals surface area (Å²) in [6, 6.07) is 14.9. The first-order valence-corrected chi connectivity index (χ1v) is 13.3. The van der Waals surface area contributed by atoms with E-state index in [9.17, 15) is 4.79 Å². The highest BCUT2D eigenvalue weighted by Crippen LogP contribution is 2.28. The fraction of sp³-hybridized carbons (Fsp3) is 0.429. The summed E-state index contributed by atoms with van der Waals surface area (Å²) in [6.45, 7) is 6.78. The standard InChI is InChI=1S/C28H34N8O/c37-27-20-35-15-13-34(14-16-35)19-21-3-1-4-23(17-21)32-28-30-11-9-25(33-28)22-6-7-26(31-18-22)36-12-2-5-24(36)8-10-29-27/h1,3-4,6-7,9,11,17-18,24H,2,5,8,10,12-16,19-20H2,(H,29,37)(H,30,32,33). The van der Waals surface area contributed by atoms with Crippen molar-refractivity contribution < 1.29 is 4.79 Å². The predicted octanol–water partition coefficient (Wildman–Crippen LogP) is 2.89. The lowest BCUT2D eigenvalue weighted by molar-refractivity contribution is -0.122. The molecule has 8 bridgehead atoms. The van der Waals surface area contributed by atoms with E-state index in [4.69, 9.17) is 9.97 Å². The van der Waals surface area contributed by atoms with Crippen molar-refractivity contribution in [2.75, 3.05) is 56.0 Å². The van der Waals surface area contributed by atoms with Gasteiger partial charge in [0, 0.05) is 75.5 Å². The van der Waals surface area contributed by atoms with E-state index < -0.39 is 0 Å². The number of rotatable bonds is 0. The summed E-state index contributed by atoms with van der Waals surface area (Å²) in [5.74, 6) is 1.68. The second kappa shape index (κ2) is 10.8. The van der Waals surface area contributed by atoms with Crippen LogP contribution in [0.5, 0.6) is 0 Å². The van der Waals surface area contributed by atoms with Gasteiger partial charge in [0.15, 0.2) is 0 Å². The maximum Gasteiger partial charge on any atom is 0.234 e. The third-order valence-electron chi connectivity index (χ3n) is 7.59. The molecule has 1 atom stereocenters. The van der Waals surface area contributed by atoms with E-state index in [0.717, 1.165) is 81.3 Å². The lowest BCUT2D eigenvalue weighted by atomic mass is 10.1. The monoisotopic (exact) mass is 498 g/mol. The summed E-state index contributed by atoms with van der Waals surface area (Å²) in [5, 5.41) is 6.53. The van der Waals surface area contributed by atoms with Crippen LogP contribution in [0, 0.1) is 0 Å². The van der Waals surface area contributed by atoms with Gasteiger partial charge < -0.3 is 15.5 Å². The average Bonchev–Trinajstić information content (AvgIpc) is 3.38. The highest BCUT2D eigenvalue weighted by atomic mass is 16.2. The molecule has 0 saturated carbocycles. The molecule has 9 nitrogen and oxygen atoms in total. The van der Waals surface area contributed by atoms with Crippen LogP contribution in [0.4, 0.5) is 17.5 Å². The first-order chi connectivity index (χ1) is 18.2. The zero-order valence-electron chi connectivity index (χ0n) is 21.1. The average molecular weight is 499 g/mol. The number of benzene rings is 1. The summed E-state index contributed by atoms with van der Waals surface area (Å²) in [4.78, 5) is 33.7. The minimum absolute atomic E-state index is 0.125. The Labute approximate surface area is 217 Å². The van der Waals surface area contributed by atoms with Crippen molar-refractivity contribution >= 4 is 23.4 Å². The SMILES string of the molecule is O=C1CN2CCN(CC2)Cc2cccc(c2)Nc2nccc(n2)-c2ccc(nc2)N2CCCC2CCN1. The molecule has 3 aromatic rings. The third kappa shape index (κ3) is 5.73. The van der Waals surface area contributed by atoms with E-state index in [1.165, 1.54) is 5.56 Å². The van der Waals surface area contributed by atoms with Gasteiger partial charge in [-0.25, -0.2) is 15.0 Å². The molecule has 9 rings (SSSR count). The molecule has 6 aliphatic heterocycles. The van der Waals surface area contributed by atoms with Crippen LogP contribution in [0.15, 0.2) is 54.9 Å². The van der Waals surface area contributed by atoms with Crippen LogP contribution in [0.25, 0.3) is 11.3 Å². The van der Waals surface area contributed by atoms with Crippen LogP contribution in [-0.4, -0.2) is 82.5 Å². The first kappa shape index (κ1) is 23.8. The van der Waals surface area contributed by atoms with Gasteiger partial charge in [0.25, 0.3) is 0 Å². The molecule has 2 saturated heterocycles. The molecule has 6 aliphatic rings. The van der Waals surface area contributed by atoms with Crippen LogP contribution in [0.2, 0.25) is 0 Å². The van der Waals surface area contributed by atoms with Crippen molar-refractivity contribution in [1.82, 2.24) is 30.1 Å². The molecular weight excluding hydrogens is 464 g/mol. The van der Waals surface area contributed by atoms with Crippen LogP contribution in [0.1, 0.15) is 24.8 Å². The summed E-state index contributed by atoms with van der Waals surface area (Å²) in [7, 11) is 0. The van der Waals surface area contributed by atoms with Crippen LogP contribution in [-0.2, 0) is 11.3 Å². The Morgan fingerprint density at radius 1 is 0.892 bits per heavy atom.